The maximum absolute atomic E-state index is 12.7. The van der Waals surface area contributed by atoms with E-state index < -0.39 is 22.9 Å². The van der Waals surface area contributed by atoms with Crippen LogP contribution in [0.4, 0.5) is 18.9 Å². The Bertz CT molecular complexity index is 1220. The number of aryl methyl sites for hydroxylation is 2. The fourth-order valence-corrected chi connectivity index (χ4v) is 3.47. The van der Waals surface area contributed by atoms with E-state index in [1.54, 1.807) is 19.1 Å². The zero-order valence-electron chi connectivity index (χ0n) is 17.3. The van der Waals surface area contributed by atoms with Crippen molar-refractivity contribution >= 4 is 64.5 Å². The summed E-state index contributed by atoms with van der Waals surface area (Å²) < 4.78 is 39.0. The summed E-state index contributed by atoms with van der Waals surface area (Å²) in [6, 6.07) is 6.36. The SMILES string of the molecule is Cc1cc(-n2ncc(C(F)(F)F)c(C)c2=O)c(Cl)cc1Cl.Cc1cc(NN)c(Cl)cc1Cl.Cl. The quantitative estimate of drug-likeness (QED) is 0.255. The number of nitrogens with two attached hydrogens (primary N) is 1. The lowest BCUT2D eigenvalue weighted by atomic mass is 10.1. The number of nitrogens with zero attached hydrogens (tertiary/aromatic N) is 2. The van der Waals surface area contributed by atoms with Gasteiger partial charge in [0, 0.05) is 15.6 Å². The molecular weight excluding hydrogens is 547 g/mol. The highest BCUT2D eigenvalue weighted by atomic mass is 35.5. The van der Waals surface area contributed by atoms with E-state index in [1.807, 2.05) is 6.92 Å². The van der Waals surface area contributed by atoms with Crippen molar-refractivity contribution in [2.45, 2.75) is 26.9 Å². The number of hydrogen-bond donors (Lipinski definition) is 2. The van der Waals surface area contributed by atoms with Crippen molar-refractivity contribution in [3.05, 3.63) is 83.2 Å². The summed E-state index contributed by atoms with van der Waals surface area (Å²) in [4.78, 5) is 12.1. The summed E-state index contributed by atoms with van der Waals surface area (Å²) in [7, 11) is 0. The molecule has 0 saturated carbocycles. The van der Waals surface area contributed by atoms with Crippen molar-refractivity contribution in [1.29, 1.82) is 0 Å². The molecule has 13 heteroatoms. The highest BCUT2D eigenvalue weighted by Gasteiger charge is 2.34. The van der Waals surface area contributed by atoms with Gasteiger partial charge in [-0.3, -0.25) is 10.6 Å². The molecule has 3 N–H and O–H groups in total. The van der Waals surface area contributed by atoms with Gasteiger partial charge in [0.2, 0.25) is 0 Å². The Labute approximate surface area is 214 Å². The molecule has 0 atom stereocenters. The summed E-state index contributed by atoms with van der Waals surface area (Å²) >= 11 is 23.4. The third-order valence-corrected chi connectivity index (χ3v) is 5.81. The molecule has 3 aromatic rings. The van der Waals surface area contributed by atoms with E-state index in [1.165, 1.54) is 12.1 Å². The Morgan fingerprint density at radius 1 is 0.909 bits per heavy atom. The summed E-state index contributed by atoms with van der Waals surface area (Å²) in [5.41, 5.74) is 2.53. The van der Waals surface area contributed by atoms with Gasteiger partial charge in [-0.1, -0.05) is 46.4 Å². The van der Waals surface area contributed by atoms with Gasteiger partial charge in [-0.25, -0.2) is 0 Å². The molecule has 0 aliphatic rings. The topological polar surface area (TPSA) is 72.9 Å². The largest absolute Gasteiger partial charge is 0.418 e. The third-order valence-electron chi connectivity index (χ3n) is 4.38. The lowest BCUT2D eigenvalue weighted by Gasteiger charge is -2.13. The van der Waals surface area contributed by atoms with E-state index in [-0.39, 0.29) is 23.1 Å². The standard InChI is InChI=1S/C13H9Cl2F3N2O.C7H8Cl2N2.ClH/c1-6-3-11(10(15)4-9(6)14)20-12(21)7(2)8(5-19-20)13(16,17)18;1-4-2-7(11-10)6(9)3-5(4)8;/h3-5H,1-2H3;2-3,11H,10H2,1H3;1H. The molecule has 2 aromatic carbocycles. The molecule has 1 aromatic heterocycles. The van der Waals surface area contributed by atoms with Crippen LogP contribution in [0.5, 0.6) is 0 Å². The minimum absolute atomic E-state index is 0. The van der Waals surface area contributed by atoms with Crippen molar-refractivity contribution in [2.75, 3.05) is 5.43 Å². The number of nitrogens with one attached hydrogen (secondary N) is 1. The summed E-state index contributed by atoms with van der Waals surface area (Å²) in [5, 5.41) is 5.26. The van der Waals surface area contributed by atoms with Crippen molar-refractivity contribution in [3.8, 4) is 5.69 Å². The van der Waals surface area contributed by atoms with Gasteiger partial charge in [0.1, 0.15) is 0 Å². The Hall–Kier alpha value is -1.68. The third kappa shape index (κ3) is 6.91. The molecule has 1 heterocycles. The van der Waals surface area contributed by atoms with Crippen molar-refractivity contribution in [3.63, 3.8) is 0 Å². The molecule has 0 fully saturated rings. The Morgan fingerprint density at radius 2 is 1.42 bits per heavy atom. The second kappa shape index (κ2) is 11.6. The van der Waals surface area contributed by atoms with E-state index >= 15 is 0 Å². The van der Waals surface area contributed by atoms with Gasteiger partial charge in [-0.15, -0.1) is 12.4 Å². The van der Waals surface area contributed by atoms with Crippen molar-refractivity contribution in [1.82, 2.24) is 9.78 Å². The van der Waals surface area contributed by atoms with E-state index in [2.05, 4.69) is 10.5 Å². The molecule has 0 bridgehead atoms. The zero-order valence-corrected chi connectivity index (χ0v) is 21.2. The van der Waals surface area contributed by atoms with E-state index in [0.29, 0.717) is 32.5 Å². The molecule has 0 radical (unpaired) electrons. The summed E-state index contributed by atoms with van der Waals surface area (Å²) in [5.74, 6) is 5.19. The number of rotatable bonds is 2. The van der Waals surface area contributed by atoms with Gasteiger partial charge in [0.05, 0.1) is 33.2 Å². The predicted molar refractivity (Wildman–Crippen MR) is 131 cm³/mol. The Morgan fingerprint density at radius 3 is 1.94 bits per heavy atom. The first-order chi connectivity index (χ1) is 14.8. The van der Waals surface area contributed by atoms with Crippen LogP contribution in [0.2, 0.25) is 20.1 Å². The number of nitrogen functional groups attached to an aromatic ring is 1. The average molecular weight is 565 g/mol. The predicted octanol–water partition coefficient (Wildman–Crippen LogP) is 7.18. The molecule has 3 rings (SSSR count). The average Bonchev–Trinajstić information content (AvgIpc) is 2.69. The van der Waals surface area contributed by atoms with Crippen LogP contribution < -0.4 is 16.8 Å². The molecule has 0 unspecified atom stereocenters. The minimum Gasteiger partial charge on any atom is -0.323 e. The van der Waals surface area contributed by atoms with Crippen LogP contribution in [0.25, 0.3) is 5.69 Å². The Kier molecular flexibility index (Phi) is 10.4. The fraction of sp³-hybridized carbons (Fsp3) is 0.200. The molecule has 180 valence electrons. The molecule has 5 nitrogen and oxygen atoms in total. The number of hydrazine groups is 1. The molecular formula is C20H18Cl5F3N4O. The molecule has 0 saturated heterocycles. The van der Waals surface area contributed by atoms with Crippen LogP contribution in [-0.2, 0) is 6.18 Å². The number of alkyl halides is 3. The molecule has 33 heavy (non-hydrogen) atoms. The van der Waals surface area contributed by atoms with Gasteiger partial charge >= 0.3 is 6.18 Å². The van der Waals surface area contributed by atoms with Crippen LogP contribution in [-0.4, -0.2) is 9.78 Å². The van der Waals surface area contributed by atoms with E-state index in [4.69, 9.17) is 52.2 Å². The second-order valence-electron chi connectivity index (χ2n) is 6.68. The monoisotopic (exact) mass is 562 g/mol. The first-order valence-corrected chi connectivity index (χ1v) is 10.3. The number of aromatic nitrogens is 2. The first-order valence-electron chi connectivity index (χ1n) is 8.82. The van der Waals surface area contributed by atoms with Gasteiger partial charge in [-0.2, -0.15) is 23.0 Å². The molecule has 0 spiro atoms. The lowest BCUT2D eigenvalue weighted by Crippen LogP contribution is -2.27. The van der Waals surface area contributed by atoms with E-state index in [9.17, 15) is 18.0 Å². The van der Waals surface area contributed by atoms with Crippen molar-refractivity contribution < 1.29 is 13.2 Å². The van der Waals surface area contributed by atoms with Gasteiger partial charge < -0.3 is 5.43 Å². The van der Waals surface area contributed by atoms with Crippen LogP contribution >= 0.6 is 58.8 Å². The van der Waals surface area contributed by atoms with Gasteiger partial charge in [-0.05, 0) is 56.2 Å². The fourth-order valence-electron chi connectivity index (χ4n) is 2.57. The van der Waals surface area contributed by atoms with Gasteiger partial charge in [0.15, 0.2) is 0 Å². The first kappa shape index (κ1) is 29.4. The van der Waals surface area contributed by atoms with Gasteiger partial charge in [0.25, 0.3) is 5.56 Å². The molecule has 0 amide bonds. The van der Waals surface area contributed by atoms with Crippen LogP contribution in [0.3, 0.4) is 0 Å². The normalized spacial score (nSPS) is 10.8. The Balaban J connectivity index is 0.000000385. The molecule has 0 aliphatic heterocycles. The number of benzene rings is 2. The number of anilines is 1. The minimum atomic E-state index is -4.63. The highest BCUT2D eigenvalue weighted by molar-refractivity contribution is 6.37. The maximum atomic E-state index is 12.7. The number of halogens is 8. The molecule has 0 aliphatic carbocycles. The van der Waals surface area contributed by atoms with E-state index in [0.717, 1.165) is 17.2 Å². The smallest absolute Gasteiger partial charge is 0.323 e. The maximum Gasteiger partial charge on any atom is 0.418 e. The van der Waals surface area contributed by atoms with Crippen LogP contribution in [0.15, 0.2) is 35.3 Å². The summed E-state index contributed by atoms with van der Waals surface area (Å²) in [6.45, 7) is 4.67. The summed E-state index contributed by atoms with van der Waals surface area (Å²) in [6.07, 6.45) is -4.02. The van der Waals surface area contributed by atoms with Crippen LogP contribution in [0.1, 0.15) is 22.3 Å². The van der Waals surface area contributed by atoms with Crippen LogP contribution in [0, 0.1) is 20.8 Å². The zero-order chi connectivity index (χ0) is 24.4. The second-order valence-corrected chi connectivity index (χ2v) is 8.31. The highest BCUT2D eigenvalue weighted by Crippen LogP contribution is 2.31. The van der Waals surface area contributed by atoms with Crippen molar-refractivity contribution in [2.24, 2.45) is 5.84 Å². The lowest BCUT2D eigenvalue weighted by molar-refractivity contribution is -0.138. The number of hydrogen-bond acceptors (Lipinski definition) is 4.